The summed E-state index contributed by atoms with van der Waals surface area (Å²) in [5.41, 5.74) is 1.73. The van der Waals surface area contributed by atoms with E-state index in [1.807, 2.05) is 60.4 Å². The normalized spacial score (nSPS) is 18.5. The lowest BCUT2D eigenvalue weighted by Gasteiger charge is -2.47. The molecule has 0 saturated heterocycles. The smallest absolute Gasteiger partial charge is 0.258 e. The van der Waals surface area contributed by atoms with Crippen LogP contribution < -0.4 is 10.1 Å². The van der Waals surface area contributed by atoms with Crippen molar-refractivity contribution in [1.29, 1.82) is 0 Å². The molecule has 150 valence electrons. The second-order valence-electron chi connectivity index (χ2n) is 7.24. The van der Waals surface area contributed by atoms with Crippen LogP contribution in [0, 0.1) is 0 Å². The van der Waals surface area contributed by atoms with E-state index in [-0.39, 0.29) is 5.91 Å². The molecule has 5 nitrogen and oxygen atoms in total. The zero-order chi connectivity index (χ0) is 20.0. The molecule has 1 unspecified atom stereocenters. The van der Waals surface area contributed by atoms with Crippen LogP contribution in [-0.2, 0) is 10.4 Å². The van der Waals surface area contributed by atoms with Crippen LogP contribution in [0.4, 0.5) is 5.69 Å². The molecule has 3 rings (SSSR count). The van der Waals surface area contributed by atoms with Gasteiger partial charge in [-0.15, -0.1) is 0 Å². The Bertz CT molecular complexity index is 808. The first-order valence-electron chi connectivity index (χ1n) is 10.0. The van der Waals surface area contributed by atoms with E-state index < -0.39 is 5.66 Å². The Kier molecular flexibility index (Phi) is 6.57. The van der Waals surface area contributed by atoms with E-state index in [2.05, 4.69) is 12.2 Å². The summed E-state index contributed by atoms with van der Waals surface area (Å²) in [6, 6.07) is 15.6. The maximum Gasteiger partial charge on any atom is 0.258 e. The maximum absolute atomic E-state index is 13.3. The van der Waals surface area contributed by atoms with Gasteiger partial charge in [-0.25, -0.2) is 0 Å². The Balaban J connectivity index is 1.99. The highest BCUT2D eigenvalue weighted by Gasteiger charge is 2.43. The summed E-state index contributed by atoms with van der Waals surface area (Å²) in [6.07, 6.45) is 3.31. The second kappa shape index (κ2) is 9.11. The highest BCUT2D eigenvalue weighted by Crippen LogP contribution is 2.41. The molecule has 1 atom stereocenters. The zero-order valence-corrected chi connectivity index (χ0v) is 17.0. The first-order chi connectivity index (χ1) is 13.6. The number of hydrogen-bond acceptors (Lipinski definition) is 4. The number of nitrogens with zero attached hydrogens (tertiary/aromatic N) is 1. The number of amides is 1. The number of unbranched alkanes of at least 4 members (excludes halogenated alkanes) is 2. The van der Waals surface area contributed by atoms with E-state index in [9.17, 15) is 4.79 Å². The predicted molar refractivity (Wildman–Crippen MR) is 112 cm³/mol. The molecular weight excluding hydrogens is 352 g/mol. The van der Waals surface area contributed by atoms with Gasteiger partial charge in [-0.1, -0.05) is 50.1 Å². The summed E-state index contributed by atoms with van der Waals surface area (Å²) in [5.74, 6) is 0.804. The summed E-state index contributed by atoms with van der Waals surface area (Å²) in [6.45, 7) is 5.83. The molecule has 1 amide bonds. The lowest BCUT2D eigenvalue weighted by atomic mass is 9.92. The van der Waals surface area contributed by atoms with E-state index in [0.29, 0.717) is 25.3 Å². The van der Waals surface area contributed by atoms with Gasteiger partial charge in [-0.05, 0) is 31.5 Å². The summed E-state index contributed by atoms with van der Waals surface area (Å²) < 4.78 is 11.4. The number of hydrogen-bond donors (Lipinski definition) is 1. The molecule has 28 heavy (non-hydrogen) atoms. The molecule has 0 bridgehead atoms. The van der Waals surface area contributed by atoms with Crippen LogP contribution in [0.15, 0.2) is 48.5 Å². The third kappa shape index (κ3) is 3.99. The monoisotopic (exact) mass is 382 g/mol. The van der Waals surface area contributed by atoms with Crippen molar-refractivity contribution in [3.8, 4) is 5.75 Å². The number of carbonyl (C=O) groups is 1. The molecule has 0 aliphatic carbocycles. The Hall–Kier alpha value is -2.53. The molecule has 0 radical (unpaired) electrons. The summed E-state index contributed by atoms with van der Waals surface area (Å²) >= 11 is 0. The van der Waals surface area contributed by atoms with Gasteiger partial charge in [0.2, 0.25) is 0 Å². The third-order valence-electron chi connectivity index (χ3n) is 5.26. The molecule has 1 aliphatic heterocycles. The SMILES string of the molecule is CCCCCOc1ccccc1C1(C)Nc2ccccc2C(=O)N1CCOC. The molecule has 5 heteroatoms. The number of rotatable bonds is 9. The number of carbonyl (C=O) groups excluding carboxylic acids is 1. The number of benzene rings is 2. The van der Waals surface area contributed by atoms with Crippen molar-refractivity contribution in [2.45, 2.75) is 38.8 Å². The molecule has 1 heterocycles. The molecule has 1 aliphatic rings. The van der Waals surface area contributed by atoms with Crippen LogP contribution >= 0.6 is 0 Å². The lowest BCUT2D eigenvalue weighted by Crippen LogP contribution is -2.56. The van der Waals surface area contributed by atoms with Gasteiger partial charge in [-0.3, -0.25) is 4.79 Å². The molecular formula is C23H30N2O3. The minimum atomic E-state index is -0.731. The fraction of sp³-hybridized carbons (Fsp3) is 0.435. The number of anilines is 1. The molecule has 2 aromatic carbocycles. The largest absolute Gasteiger partial charge is 0.493 e. The first-order valence-corrected chi connectivity index (χ1v) is 10.0. The number of nitrogens with one attached hydrogen (secondary N) is 1. The Morgan fingerprint density at radius 2 is 1.79 bits per heavy atom. The quantitative estimate of drug-likeness (QED) is 0.642. The van der Waals surface area contributed by atoms with Crippen LogP contribution in [0.25, 0.3) is 0 Å². The standard InChI is InChI=1S/C23H30N2O3/c1-4-5-10-16-28-21-14-9-7-12-19(21)23(2)24-20-13-8-6-11-18(20)22(26)25(23)15-17-27-3/h6-9,11-14,24H,4-5,10,15-17H2,1-3H3. The van der Waals surface area contributed by atoms with Crippen LogP contribution in [-0.4, -0.2) is 37.7 Å². The van der Waals surface area contributed by atoms with Crippen molar-refractivity contribution in [3.05, 3.63) is 59.7 Å². The number of para-hydroxylation sites is 2. The average molecular weight is 383 g/mol. The molecule has 0 saturated carbocycles. The lowest BCUT2D eigenvalue weighted by molar-refractivity contribution is 0.0431. The Morgan fingerprint density at radius 3 is 2.57 bits per heavy atom. The van der Waals surface area contributed by atoms with Gasteiger partial charge in [0.15, 0.2) is 0 Å². The van der Waals surface area contributed by atoms with Crippen molar-refractivity contribution >= 4 is 11.6 Å². The van der Waals surface area contributed by atoms with Gasteiger partial charge in [0, 0.05) is 24.9 Å². The van der Waals surface area contributed by atoms with Gasteiger partial charge in [0.25, 0.3) is 5.91 Å². The van der Waals surface area contributed by atoms with Gasteiger partial charge < -0.3 is 19.7 Å². The van der Waals surface area contributed by atoms with Crippen LogP contribution in [0.3, 0.4) is 0 Å². The number of ether oxygens (including phenoxy) is 2. The maximum atomic E-state index is 13.3. The molecule has 0 aromatic heterocycles. The van der Waals surface area contributed by atoms with Crippen molar-refractivity contribution in [1.82, 2.24) is 4.90 Å². The highest BCUT2D eigenvalue weighted by atomic mass is 16.5. The Labute approximate surface area is 167 Å². The van der Waals surface area contributed by atoms with Gasteiger partial charge in [0.1, 0.15) is 11.4 Å². The van der Waals surface area contributed by atoms with Crippen LogP contribution in [0.1, 0.15) is 49.0 Å². The second-order valence-corrected chi connectivity index (χ2v) is 7.24. The minimum Gasteiger partial charge on any atom is -0.493 e. The molecule has 2 aromatic rings. The van der Waals surface area contributed by atoms with E-state index in [4.69, 9.17) is 9.47 Å². The van der Waals surface area contributed by atoms with E-state index >= 15 is 0 Å². The molecule has 0 spiro atoms. The van der Waals surface area contributed by atoms with Crippen LogP contribution in [0.5, 0.6) is 5.75 Å². The van der Waals surface area contributed by atoms with Gasteiger partial charge >= 0.3 is 0 Å². The number of methoxy groups -OCH3 is 1. The number of fused-ring (bicyclic) bond motifs is 1. The first kappa shape index (κ1) is 20.2. The van der Waals surface area contributed by atoms with Crippen molar-refractivity contribution < 1.29 is 14.3 Å². The zero-order valence-electron chi connectivity index (χ0n) is 17.0. The Morgan fingerprint density at radius 1 is 1.04 bits per heavy atom. The fourth-order valence-electron chi connectivity index (χ4n) is 3.71. The topological polar surface area (TPSA) is 50.8 Å². The molecule has 1 N–H and O–H groups in total. The van der Waals surface area contributed by atoms with Crippen molar-refractivity contribution in [3.63, 3.8) is 0 Å². The summed E-state index contributed by atoms with van der Waals surface area (Å²) in [5, 5.41) is 3.59. The van der Waals surface area contributed by atoms with E-state index in [1.54, 1.807) is 7.11 Å². The average Bonchev–Trinajstić information content (AvgIpc) is 2.71. The van der Waals surface area contributed by atoms with Gasteiger partial charge in [-0.2, -0.15) is 0 Å². The van der Waals surface area contributed by atoms with E-state index in [0.717, 1.165) is 36.3 Å². The summed E-state index contributed by atoms with van der Waals surface area (Å²) in [4.78, 5) is 15.2. The van der Waals surface area contributed by atoms with Crippen LogP contribution in [0.2, 0.25) is 0 Å². The van der Waals surface area contributed by atoms with E-state index in [1.165, 1.54) is 0 Å². The van der Waals surface area contributed by atoms with Gasteiger partial charge in [0.05, 0.1) is 18.8 Å². The highest BCUT2D eigenvalue weighted by molar-refractivity contribution is 6.02. The minimum absolute atomic E-state index is 0.00492. The van der Waals surface area contributed by atoms with Crippen molar-refractivity contribution in [2.75, 3.05) is 32.2 Å². The third-order valence-corrected chi connectivity index (χ3v) is 5.26. The summed E-state index contributed by atoms with van der Waals surface area (Å²) in [7, 11) is 1.65. The van der Waals surface area contributed by atoms with Crippen molar-refractivity contribution in [2.24, 2.45) is 0 Å². The predicted octanol–water partition coefficient (Wildman–Crippen LogP) is 4.64. The fourth-order valence-corrected chi connectivity index (χ4v) is 3.71. The molecule has 0 fully saturated rings.